The summed E-state index contributed by atoms with van der Waals surface area (Å²) in [5.74, 6) is 0.680. The van der Waals surface area contributed by atoms with E-state index in [9.17, 15) is 4.79 Å². The number of anilines is 1. The van der Waals surface area contributed by atoms with Gasteiger partial charge in [0.05, 0.1) is 18.4 Å². The lowest BCUT2D eigenvalue weighted by molar-refractivity contribution is 0.414. The van der Waals surface area contributed by atoms with Gasteiger partial charge in [0.2, 0.25) is 0 Å². The second-order valence-corrected chi connectivity index (χ2v) is 3.59. The number of nitrogens with zero attached hydrogens (tertiary/aromatic N) is 1. The number of nitrogen functional groups attached to an aromatic ring is 1. The van der Waals surface area contributed by atoms with Gasteiger partial charge in [-0.25, -0.2) is 9.78 Å². The fourth-order valence-electron chi connectivity index (χ4n) is 1.60. The minimum absolute atomic E-state index is 0.117. The standard InChI is InChI=1S/C12H12N4O2/c1-18-9-5-3-2-4-7(9)10(13)8-6-15-12(17)16-11(8)14/h2-6,13H,1H3,(H3,14,15,16,17). The van der Waals surface area contributed by atoms with Gasteiger partial charge in [0.25, 0.3) is 0 Å². The van der Waals surface area contributed by atoms with Crippen LogP contribution in [0.5, 0.6) is 5.75 Å². The van der Waals surface area contributed by atoms with Crippen LogP contribution in [-0.4, -0.2) is 22.8 Å². The quantitative estimate of drug-likeness (QED) is 0.693. The molecule has 0 amide bonds. The Labute approximate surface area is 103 Å². The number of hydrogen-bond donors (Lipinski definition) is 3. The molecule has 2 aromatic rings. The highest BCUT2D eigenvalue weighted by atomic mass is 16.5. The van der Waals surface area contributed by atoms with E-state index in [1.807, 2.05) is 6.07 Å². The molecule has 0 unspecified atom stereocenters. The summed E-state index contributed by atoms with van der Waals surface area (Å²) in [6.45, 7) is 0. The van der Waals surface area contributed by atoms with Gasteiger partial charge in [-0.3, -0.25) is 10.4 Å². The lowest BCUT2D eigenvalue weighted by Gasteiger charge is -2.10. The maximum absolute atomic E-state index is 11.0. The molecule has 1 aromatic carbocycles. The molecule has 0 radical (unpaired) electrons. The summed E-state index contributed by atoms with van der Waals surface area (Å²) in [6, 6.07) is 7.09. The third kappa shape index (κ3) is 2.08. The Kier molecular flexibility index (Phi) is 3.09. The lowest BCUT2D eigenvalue weighted by Crippen LogP contribution is -2.17. The van der Waals surface area contributed by atoms with Gasteiger partial charge < -0.3 is 10.5 Å². The third-order valence-electron chi connectivity index (χ3n) is 2.49. The summed E-state index contributed by atoms with van der Waals surface area (Å²) in [7, 11) is 1.53. The number of nitrogens with one attached hydrogen (secondary N) is 2. The number of hydrogen-bond acceptors (Lipinski definition) is 5. The molecule has 0 aliphatic heterocycles. The Morgan fingerprint density at radius 3 is 2.78 bits per heavy atom. The molecule has 2 rings (SSSR count). The van der Waals surface area contributed by atoms with Crippen molar-refractivity contribution in [3.63, 3.8) is 0 Å². The molecule has 0 aliphatic carbocycles. The molecule has 0 fully saturated rings. The summed E-state index contributed by atoms with van der Waals surface area (Å²) in [6.07, 6.45) is 1.28. The molecule has 0 bridgehead atoms. The van der Waals surface area contributed by atoms with Crippen molar-refractivity contribution in [2.45, 2.75) is 0 Å². The van der Waals surface area contributed by atoms with Crippen LogP contribution in [0, 0.1) is 5.41 Å². The Bertz CT molecular complexity index is 649. The number of aromatic amines is 1. The number of ether oxygens (including phenoxy) is 1. The van der Waals surface area contributed by atoms with Crippen LogP contribution < -0.4 is 16.2 Å². The molecule has 4 N–H and O–H groups in total. The van der Waals surface area contributed by atoms with Crippen molar-refractivity contribution in [1.82, 2.24) is 9.97 Å². The zero-order chi connectivity index (χ0) is 13.1. The largest absolute Gasteiger partial charge is 0.496 e. The number of benzene rings is 1. The molecule has 0 spiro atoms. The van der Waals surface area contributed by atoms with Crippen LogP contribution in [0.3, 0.4) is 0 Å². The smallest absolute Gasteiger partial charge is 0.346 e. The SMILES string of the molecule is COc1ccccc1C(=N)c1cnc(=O)[nH]c1N. The number of aromatic nitrogens is 2. The molecule has 0 saturated heterocycles. The van der Waals surface area contributed by atoms with Gasteiger partial charge in [0.15, 0.2) is 0 Å². The van der Waals surface area contributed by atoms with Gasteiger partial charge in [0.1, 0.15) is 11.6 Å². The van der Waals surface area contributed by atoms with Crippen LogP contribution in [0.15, 0.2) is 35.3 Å². The van der Waals surface area contributed by atoms with Gasteiger partial charge in [-0.15, -0.1) is 0 Å². The summed E-state index contributed by atoms with van der Waals surface area (Å²) in [4.78, 5) is 16.9. The Morgan fingerprint density at radius 2 is 2.11 bits per heavy atom. The van der Waals surface area contributed by atoms with E-state index in [1.165, 1.54) is 13.3 Å². The van der Waals surface area contributed by atoms with E-state index in [4.69, 9.17) is 15.9 Å². The third-order valence-corrected chi connectivity index (χ3v) is 2.49. The fourth-order valence-corrected chi connectivity index (χ4v) is 1.60. The van der Waals surface area contributed by atoms with Gasteiger partial charge in [-0.05, 0) is 12.1 Å². The van der Waals surface area contributed by atoms with Crippen LogP contribution in [0.4, 0.5) is 5.82 Å². The summed E-state index contributed by atoms with van der Waals surface area (Å²) in [5, 5.41) is 8.10. The summed E-state index contributed by atoms with van der Waals surface area (Å²) >= 11 is 0. The first kappa shape index (κ1) is 11.8. The predicted octanol–water partition coefficient (Wildman–Crippen LogP) is 0.777. The van der Waals surface area contributed by atoms with Crippen molar-refractivity contribution in [2.75, 3.05) is 12.8 Å². The average Bonchev–Trinajstić information content (AvgIpc) is 2.38. The number of H-pyrrole nitrogens is 1. The Hall–Kier alpha value is -2.63. The molecule has 0 atom stereocenters. The molecule has 1 heterocycles. The molecule has 92 valence electrons. The summed E-state index contributed by atoms with van der Waals surface area (Å²) in [5.41, 5.74) is 6.23. The van der Waals surface area contributed by atoms with Crippen molar-refractivity contribution in [3.8, 4) is 5.75 Å². The first-order valence-corrected chi connectivity index (χ1v) is 5.20. The molecule has 18 heavy (non-hydrogen) atoms. The number of rotatable bonds is 3. The fraction of sp³-hybridized carbons (Fsp3) is 0.0833. The van der Waals surface area contributed by atoms with Gasteiger partial charge in [-0.1, -0.05) is 12.1 Å². The predicted molar refractivity (Wildman–Crippen MR) is 68.2 cm³/mol. The van der Waals surface area contributed by atoms with Crippen molar-refractivity contribution >= 4 is 11.5 Å². The van der Waals surface area contributed by atoms with Crippen molar-refractivity contribution in [3.05, 3.63) is 52.1 Å². The number of methoxy groups -OCH3 is 1. The topological polar surface area (TPSA) is 105 Å². The van der Waals surface area contributed by atoms with Gasteiger partial charge in [0, 0.05) is 11.8 Å². The van der Waals surface area contributed by atoms with Gasteiger partial charge in [-0.2, -0.15) is 0 Å². The van der Waals surface area contributed by atoms with E-state index < -0.39 is 5.69 Å². The molecule has 0 saturated carbocycles. The monoisotopic (exact) mass is 244 g/mol. The van der Waals surface area contributed by atoms with E-state index in [0.717, 1.165) is 0 Å². The van der Waals surface area contributed by atoms with Crippen LogP contribution in [0.1, 0.15) is 11.1 Å². The highest BCUT2D eigenvalue weighted by Gasteiger charge is 2.13. The maximum atomic E-state index is 11.0. The van der Waals surface area contributed by atoms with Crippen LogP contribution >= 0.6 is 0 Å². The van der Waals surface area contributed by atoms with Crippen molar-refractivity contribution in [1.29, 1.82) is 5.41 Å². The van der Waals surface area contributed by atoms with E-state index >= 15 is 0 Å². The molecule has 6 nitrogen and oxygen atoms in total. The van der Waals surface area contributed by atoms with Crippen LogP contribution in [-0.2, 0) is 0 Å². The minimum Gasteiger partial charge on any atom is -0.496 e. The van der Waals surface area contributed by atoms with Crippen LogP contribution in [0.25, 0.3) is 0 Å². The van der Waals surface area contributed by atoms with Crippen molar-refractivity contribution < 1.29 is 4.74 Å². The normalized spacial score (nSPS) is 10.1. The second kappa shape index (κ2) is 4.70. The number of para-hydroxylation sites is 1. The molecular weight excluding hydrogens is 232 g/mol. The second-order valence-electron chi connectivity index (χ2n) is 3.59. The van der Waals surface area contributed by atoms with Crippen LogP contribution in [0.2, 0.25) is 0 Å². The molecule has 0 aliphatic rings. The molecule has 1 aromatic heterocycles. The Morgan fingerprint density at radius 1 is 1.39 bits per heavy atom. The van der Waals surface area contributed by atoms with Gasteiger partial charge >= 0.3 is 5.69 Å². The van der Waals surface area contributed by atoms with E-state index in [2.05, 4.69) is 9.97 Å². The zero-order valence-corrected chi connectivity index (χ0v) is 9.73. The van der Waals surface area contributed by atoms with E-state index in [0.29, 0.717) is 16.9 Å². The Balaban J connectivity index is 2.51. The first-order chi connectivity index (χ1) is 8.63. The van der Waals surface area contributed by atoms with Crippen molar-refractivity contribution in [2.24, 2.45) is 0 Å². The lowest BCUT2D eigenvalue weighted by atomic mass is 10.0. The van der Waals surface area contributed by atoms with E-state index in [1.54, 1.807) is 18.2 Å². The summed E-state index contributed by atoms with van der Waals surface area (Å²) < 4.78 is 5.18. The number of nitrogens with two attached hydrogens (primary N) is 1. The molecular formula is C12H12N4O2. The maximum Gasteiger partial charge on any atom is 0.346 e. The molecule has 6 heteroatoms. The van der Waals surface area contributed by atoms with E-state index in [-0.39, 0.29) is 11.5 Å². The highest BCUT2D eigenvalue weighted by molar-refractivity contribution is 6.14. The highest BCUT2D eigenvalue weighted by Crippen LogP contribution is 2.21. The minimum atomic E-state index is -0.538. The zero-order valence-electron chi connectivity index (χ0n) is 9.73. The first-order valence-electron chi connectivity index (χ1n) is 5.20. The average molecular weight is 244 g/mol.